The van der Waals surface area contributed by atoms with Gasteiger partial charge in [0.2, 0.25) is 6.79 Å². The zero-order valence-corrected chi connectivity index (χ0v) is 19.5. The molecule has 5 N–H and O–H groups in total. The van der Waals surface area contributed by atoms with Gasteiger partial charge in [-0.2, -0.15) is 5.26 Å². The second-order valence-corrected chi connectivity index (χ2v) is 9.20. The summed E-state index contributed by atoms with van der Waals surface area (Å²) >= 11 is 1.03. The van der Waals surface area contributed by atoms with E-state index < -0.39 is 5.97 Å². The molecule has 0 amide bonds. The Bertz CT molecular complexity index is 1350. The van der Waals surface area contributed by atoms with Crippen molar-refractivity contribution < 1.29 is 19.4 Å². The van der Waals surface area contributed by atoms with Crippen LogP contribution in [0.5, 0.6) is 11.5 Å². The summed E-state index contributed by atoms with van der Waals surface area (Å²) in [6.45, 7) is 3.91. The number of aromatic nitrogens is 2. The number of nitriles is 1. The average molecular weight is 494 g/mol. The van der Waals surface area contributed by atoms with Crippen molar-refractivity contribution in [2.75, 3.05) is 55.1 Å². The normalized spacial score (nSPS) is 15.3. The van der Waals surface area contributed by atoms with Crippen molar-refractivity contribution in [2.45, 2.75) is 11.6 Å². The maximum absolute atomic E-state index is 11.0. The van der Waals surface area contributed by atoms with Gasteiger partial charge in [0, 0.05) is 38.1 Å². The van der Waals surface area contributed by atoms with E-state index in [-0.39, 0.29) is 24.2 Å². The molecule has 0 saturated carbocycles. The number of hydrogen-bond donors (Lipinski definition) is 3. The molecule has 11 nitrogen and oxygen atoms in total. The minimum absolute atomic E-state index is 0.122. The predicted molar refractivity (Wildman–Crippen MR) is 131 cm³/mol. The van der Waals surface area contributed by atoms with Crippen molar-refractivity contribution in [1.29, 1.82) is 5.26 Å². The van der Waals surface area contributed by atoms with Gasteiger partial charge in [0.15, 0.2) is 11.5 Å². The maximum Gasteiger partial charge on any atom is 0.313 e. The Morgan fingerprint density at radius 2 is 1.86 bits per heavy atom. The molecule has 12 heteroatoms. The van der Waals surface area contributed by atoms with Gasteiger partial charge in [-0.3, -0.25) is 9.69 Å². The van der Waals surface area contributed by atoms with Gasteiger partial charge in [-0.15, -0.1) is 0 Å². The molecule has 180 valence electrons. The quantitative estimate of drug-likeness (QED) is 0.428. The summed E-state index contributed by atoms with van der Waals surface area (Å²) in [6.07, 6.45) is 0. The van der Waals surface area contributed by atoms with Crippen LogP contribution in [-0.4, -0.2) is 64.7 Å². The Morgan fingerprint density at radius 3 is 2.60 bits per heavy atom. The van der Waals surface area contributed by atoms with E-state index in [2.05, 4.69) is 20.9 Å². The van der Waals surface area contributed by atoms with Crippen molar-refractivity contribution in [3.63, 3.8) is 0 Å². The first-order valence-electron chi connectivity index (χ1n) is 10.9. The van der Waals surface area contributed by atoms with Crippen LogP contribution in [0.4, 0.5) is 17.5 Å². The van der Waals surface area contributed by atoms with E-state index in [9.17, 15) is 10.1 Å². The molecule has 5 rings (SSSR count). The van der Waals surface area contributed by atoms with E-state index in [0.29, 0.717) is 40.3 Å². The van der Waals surface area contributed by atoms with Crippen LogP contribution in [0.3, 0.4) is 0 Å². The number of pyridine rings is 2. The molecule has 0 aliphatic carbocycles. The number of nitrogen functional groups attached to an aromatic ring is 2. The molecule has 1 fully saturated rings. The van der Waals surface area contributed by atoms with Crippen LogP contribution in [0.1, 0.15) is 11.1 Å². The zero-order chi connectivity index (χ0) is 24.5. The van der Waals surface area contributed by atoms with Crippen LogP contribution in [0, 0.1) is 11.3 Å². The highest BCUT2D eigenvalue weighted by Gasteiger charge is 2.25. The minimum Gasteiger partial charge on any atom is -0.481 e. The van der Waals surface area contributed by atoms with E-state index in [1.807, 2.05) is 23.1 Å². The lowest BCUT2D eigenvalue weighted by Gasteiger charge is -2.36. The third kappa shape index (κ3) is 4.55. The van der Waals surface area contributed by atoms with Gasteiger partial charge in [0.25, 0.3) is 0 Å². The van der Waals surface area contributed by atoms with Gasteiger partial charge in [-0.05, 0) is 23.8 Å². The topological polar surface area (TPSA) is 164 Å². The molecular weight excluding hydrogens is 470 g/mol. The third-order valence-electron chi connectivity index (χ3n) is 5.97. The number of aliphatic carboxylic acids is 1. The fourth-order valence-corrected chi connectivity index (χ4v) is 4.95. The molecular formula is C23H23N7O4S. The van der Waals surface area contributed by atoms with Crippen molar-refractivity contribution in [1.82, 2.24) is 14.9 Å². The average Bonchev–Trinajstić information content (AvgIpc) is 3.31. The predicted octanol–water partition coefficient (Wildman–Crippen LogP) is 1.89. The van der Waals surface area contributed by atoms with Gasteiger partial charge in [-0.1, -0.05) is 17.8 Å². The number of piperazine rings is 1. The van der Waals surface area contributed by atoms with Crippen LogP contribution in [0.2, 0.25) is 0 Å². The van der Waals surface area contributed by atoms with E-state index in [0.717, 1.165) is 48.5 Å². The Hall–Kier alpha value is -3.95. The fourth-order valence-electron chi connectivity index (χ4n) is 4.32. The molecule has 0 atom stereocenters. The first kappa shape index (κ1) is 22.8. The number of carboxylic acid groups (broad SMARTS) is 1. The first-order chi connectivity index (χ1) is 16.9. The summed E-state index contributed by atoms with van der Waals surface area (Å²) in [5.74, 6) is 1.21. The summed E-state index contributed by atoms with van der Waals surface area (Å²) in [5.41, 5.74) is 13.8. The molecule has 35 heavy (non-hydrogen) atoms. The number of rotatable bonds is 6. The molecule has 0 unspecified atom stereocenters. The van der Waals surface area contributed by atoms with Gasteiger partial charge in [0.1, 0.15) is 29.1 Å². The fraction of sp³-hybridized carbons (Fsp3) is 0.304. The molecule has 4 heterocycles. The lowest BCUT2D eigenvalue weighted by atomic mass is 10.1. The van der Waals surface area contributed by atoms with Gasteiger partial charge >= 0.3 is 5.97 Å². The van der Waals surface area contributed by atoms with Crippen molar-refractivity contribution in [3.8, 4) is 17.6 Å². The summed E-state index contributed by atoms with van der Waals surface area (Å²) in [4.78, 5) is 24.1. The van der Waals surface area contributed by atoms with Crippen LogP contribution >= 0.6 is 11.8 Å². The number of benzene rings is 1. The Kier molecular flexibility index (Phi) is 6.10. The number of hydrogen-bond acceptors (Lipinski definition) is 11. The summed E-state index contributed by atoms with van der Waals surface area (Å²) in [6, 6.07) is 9.89. The number of nitrogens with two attached hydrogens (primary N) is 2. The Labute approximate surface area is 205 Å². The van der Waals surface area contributed by atoms with Gasteiger partial charge in [0.05, 0.1) is 16.2 Å². The minimum atomic E-state index is -0.968. The van der Waals surface area contributed by atoms with Crippen molar-refractivity contribution >= 4 is 46.0 Å². The highest BCUT2D eigenvalue weighted by molar-refractivity contribution is 7.99. The molecule has 2 aliphatic rings. The highest BCUT2D eigenvalue weighted by Crippen LogP contribution is 2.36. The molecule has 0 bridgehead atoms. The lowest BCUT2D eigenvalue weighted by molar-refractivity contribution is -0.133. The van der Waals surface area contributed by atoms with Crippen molar-refractivity contribution in [2.24, 2.45) is 0 Å². The smallest absolute Gasteiger partial charge is 0.313 e. The van der Waals surface area contributed by atoms with E-state index in [1.165, 1.54) is 0 Å². The van der Waals surface area contributed by atoms with E-state index in [1.54, 1.807) is 6.07 Å². The second kappa shape index (κ2) is 9.36. The molecule has 0 spiro atoms. The number of thioether (sulfide) groups is 1. The van der Waals surface area contributed by atoms with Gasteiger partial charge in [-0.25, -0.2) is 9.97 Å². The summed E-state index contributed by atoms with van der Waals surface area (Å²) < 4.78 is 10.9. The van der Waals surface area contributed by atoms with Crippen LogP contribution in [0.15, 0.2) is 29.3 Å². The summed E-state index contributed by atoms with van der Waals surface area (Å²) in [7, 11) is 0. The van der Waals surface area contributed by atoms with E-state index in [4.69, 9.17) is 26.0 Å². The Morgan fingerprint density at radius 1 is 1.11 bits per heavy atom. The monoisotopic (exact) mass is 493 g/mol. The number of ether oxygens (including phenoxy) is 2. The number of carbonyl (C=O) groups is 1. The number of fused-ring (bicyclic) bond motifs is 2. The largest absolute Gasteiger partial charge is 0.481 e. The van der Waals surface area contributed by atoms with Crippen LogP contribution in [-0.2, 0) is 11.3 Å². The molecule has 1 aromatic carbocycles. The molecule has 1 saturated heterocycles. The zero-order valence-electron chi connectivity index (χ0n) is 18.7. The van der Waals surface area contributed by atoms with Crippen LogP contribution < -0.4 is 25.8 Å². The molecule has 3 aromatic rings. The third-order valence-corrected chi connectivity index (χ3v) is 6.87. The summed E-state index contributed by atoms with van der Waals surface area (Å²) in [5, 5.41) is 20.3. The number of anilines is 3. The van der Waals surface area contributed by atoms with Gasteiger partial charge < -0.3 is 30.9 Å². The lowest BCUT2D eigenvalue weighted by Crippen LogP contribution is -2.46. The SMILES string of the molecule is N#Cc1c(N2CCN(Cc3ccc4c(c3)OCO4)CC2)nc(N)c2c(N)nc(SCC(=O)O)cc12. The van der Waals surface area contributed by atoms with E-state index >= 15 is 0 Å². The highest BCUT2D eigenvalue weighted by atomic mass is 32.2. The van der Waals surface area contributed by atoms with Crippen molar-refractivity contribution in [3.05, 3.63) is 35.4 Å². The van der Waals surface area contributed by atoms with Crippen LogP contribution in [0.25, 0.3) is 10.8 Å². The molecule has 0 radical (unpaired) electrons. The molecule has 2 aliphatic heterocycles. The second-order valence-electron chi connectivity index (χ2n) is 8.21. The number of carboxylic acids is 1. The maximum atomic E-state index is 11.0. The standard InChI is InChI=1S/C23H23N7O4S/c24-9-15-14-8-18(35-11-19(31)32)27-21(25)20(14)22(26)28-23(15)30-5-3-29(4-6-30)10-13-1-2-16-17(7-13)34-12-33-16/h1-2,7-8H,3-6,10-12H2,(H2,25,27)(H2,26,28)(H,31,32). The number of nitrogens with zero attached hydrogens (tertiary/aromatic N) is 5. The molecule has 2 aromatic heterocycles. The Balaban J connectivity index is 1.37. The first-order valence-corrected chi connectivity index (χ1v) is 11.9.